The quantitative estimate of drug-likeness (QED) is 0.779. The second-order valence-corrected chi connectivity index (χ2v) is 4.11. The second-order valence-electron chi connectivity index (χ2n) is 4.11. The monoisotopic (exact) mass is 240 g/mol. The zero-order valence-corrected chi connectivity index (χ0v) is 10.7. The highest BCUT2D eigenvalue weighted by atomic mass is 16.5. The molecule has 1 aromatic heterocycles. The van der Waals surface area contributed by atoms with Crippen LogP contribution in [0.3, 0.4) is 0 Å². The van der Waals surface area contributed by atoms with Crippen LogP contribution in [0.5, 0.6) is 5.88 Å². The highest BCUT2D eigenvalue weighted by Gasteiger charge is 2.12. The molecule has 0 aromatic carbocycles. The maximum Gasteiger partial charge on any atom is 0.242 e. The number of ether oxygens (including phenoxy) is 2. The molecule has 0 amide bonds. The van der Waals surface area contributed by atoms with Crippen LogP contribution in [-0.4, -0.2) is 35.8 Å². The van der Waals surface area contributed by atoms with Crippen molar-refractivity contribution < 1.29 is 9.47 Å². The summed E-state index contributed by atoms with van der Waals surface area (Å²) in [6, 6.07) is 0.115. The number of nitrogens with zero attached hydrogens (tertiary/aromatic N) is 2. The molecule has 0 bridgehead atoms. The Kier molecular flexibility index (Phi) is 4.96. The van der Waals surface area contributed by atoms with Crippen LogP contribution in [0.15, 0.2) is 6.33 Å². The van der Waals surface area contributed by atoms with Gasteiger partial charge in [-0.3, -0.25) is 0 Å². The van der Waals surface area contributed by atoms with Crippen LogP contribution >= 0.6 is 0 Å². The number of rotatable bonds is 6. The minimum absolute atomic E-state index is 0.0245. The zero-order valence-electron chi connectivity index (χ0n) is 10.7. The molecule has 0 fully saturated rings. The van der Waals surface area contributed by atoms with E-state index in [0.29, 0.717) is 24.0 Å². The lowest BCUT2D eigenvalue weighted by Crippen LogP contribution is -2.22. The fourth-order valence-corrected chi connectivity index (χ4v) is 1.34. The summed E-state index contributed by atoms with van der Waals surface area (Å²) in [7, 11) is 1.65. The summed E-state index contributed by atoms with van der Waals surface area (Å²) in [4.78, 5) is 8.09. The van der Waals surface area contributed by atoms with E-state index in [-0.39, 0.29) is 12.1 Å². The minimum atomic E-state index is 0.0245. The minimum Gasteiger partial charge on any atom is -0.473 e. The first-order valence-electron chi connectivity index (χ1n) is 5.57. The first-order chi connectivity index (χ1) is 8.04. The topological polar surface area (TPSA) is 82.3 Å². The van der Waals surface area contributed by atoms with Crippen LogP contribution < -0.4 is 15.8 Å². The second kappa shape index (κ2) is 6.24. The fraction of sp³-hybridized carbons (Fsp3) is 0.636. The van der Waals surface area contributed by atoms with Crippen molar-refractivity contribution >= 4 is 11.5 Å². The number of anilines is 2. The van der Waals surface area contributed by atoms with E-state index >= 15 is 0 Å². The van der Waals surface area contributed by atoms with Crippen molar-refractivity contribution in [2.24, 2.45) is 0 Å². The lowest BCUT2D eigenvalue weighted by atomic mass is 10.3. The predicted octanol–water partition coefficient (Wildman–Crippen LogP) is 1.29. The first-order valence-corrected chi connectivity index (χ1v) is 5.57. The average molecular weight is 240 g/mol. The number of hydrogen-bond donors (Lipinski definition) is 2. The Morgan fingerprint density at radius 2 is 2.06 bits per heavy atom. The summed E-state index contributed by atoms with van der Waals surface area (Å²) < 4.78 is 10.5. The third kappa shape index (κ3) is 4.07. The lowest BCUT2D eigenvalue weighted by Gasteiger charge is -2.17. The fourth-order valence-electron chi connectivity index (χ4n) is 1.34. The molecule has 0 aliphatic rings. The molecular weight excluding hydrogens is 220 g/mol. The van der Waals surface area contributed by atoms with Gasteiger partial charge in [0.2, 0.25) is 5.88 Å². The lowest BCUT2D eigenvalue weighted by molar-refractivity contribution is 0.190. The Morgan fingerprint density at radius 3 is 2.65 bits per heavy atom. The molecule has 1 rings (SSSR count). The third-order valence-electron chi connectivity index (χ3n) is 1.99. The normalized spacial score (nSPS) is 12.5. The van der Waals surface area contributed by atoms with Crippen LogP contribution in [0.4, 0.5) is 11.5 Å². The molecule has 96 valence electrons. The smallest absolute Gasteiger partial charge is 0.242 e. The molecule has 6 nitrogen and oxygen atoms in total. The van der Waals surface area contributed by atoms with Gasteiger partial charge in [0.05, 0.1) is 12.7 Å². The summed E-state index contributed by atoms with van der Waals surface area (Å²) in [6.07, 6.45) is 1.45. The molecule has 1 unspecified atom stereocenters. The highest BCUT2D eigenvalue weighted by molar-refractivity contribution is 5.66. The number of nitrogen functional groups attached to an aromatic ring is 1. The van der Waals surface area contributed by atoms with E-state index < -0.39 is 0 Å². The molecule has 0 radical (unpaired) electrons. The van der Waals surface area contributed by atoms with Crippen LogP contribution in [0.2, 0.25) is 0 Å². The number of nitrogens with one attached hydrogen (secondary N) is 1. The van der Waals surface area contributed by atoms with Crippen molar-refractivity contribution in [3.8, 4) is 5.88 Å². The van der Waals surface area contributed by atoms with Crippen molar-refractivity contribution in [3.63, 3.8) is 0 Å². The molecule has 1 heterocycles. The van der Waals surface area contributed by atoms with E-state index in [1.165, 1.54) is 6.33 Å². The van der Waals surface area contributed by atoms with Gasteiger partial charge in [0.25, 0.3) is 0 Å². The van der Waals surface area contributed by atoms with E-state index in [9.17, 15) is 0 Å². The van der Waals surface area contributed by atoms with E-state index in [4.69, 9.17) is 15.2 Å². The van der Waals surface area contributed by atoms with Crippen molar-refractivity contribution in [1.29, 1.82) is 0 Å². The SMILES string of the molecule is COCC(C)Nc1ncnc(OC(C)C)c1N. The summed E-state index contributed by atoms with van der Waals surface area (Å²) >= 11 is 0. The Labute approximate surface area is 102 Å². The summed E-state index contributed by atoms with van der Waals surface area (Å²) in [5.41, 5.74) is 6.34. The van der Waals surface area contributed by atoms with Gasteiger partial charge in [0.15, 0.2) is 5.82 Å². The van der Waals surface area contributed by atoms with Gasteiger partial charge < -0.3 is 20.5 Å². The number of nitrogens with two attached hydrogens (primary N) is 1. The third-order valence-corrected chi connectivity index (χ3v) is 1.99. The van der Waals surface area contributed by atoms with Crippen molar-refractivity contribution in [3.05, 3.63) is 6.33 Å². The Balaban J connectivity index is 2.79. The molecule has 1 aromatic rings. The number of methoxy groups -OCH3 is 1. The standard InChI is InChI=1S/C11H20N4O2/c1-7(2)17-11-9(12)10(13-6-14-11)15-8(3)5-16-4/h6-8H,5,12H2,1-4H3,(H,13,14,15). The number of aromatic nitrogens is 2. The summed E-state index contributed by atoms with van der Waals surface area (Å²) in [5.74, 6) is 0.974. The number of hydrogen-bond acceptors (Lipinski definition) is 6. The summed E-state index contributed by atoms with van der Waals surface area (Å²) in [5, 5.41) is 3.14. The molecule has 1 atom stereocenters. The van der Waals surface area contributed by atoms with E-state index in [1.807, 2.05) is 20.8 Å². The Morgan fingerprint density at radius 1 is 1.35 bits per heavy atom. The molecule has 0 saturated heterocycles. The Hall–Kier alpha value is -1.56. The molecule has 6 heteroatoms. The molecule has 0 aliphatic heterocycles. The van der Waals surface area contributed by atoms with Gasteiger partial charge >= 0.3 is 0 Å². The maximum absolute atomic E-state index is 5.92. The van der Waals surface area contributed by atoms with Crippen molar-refractivity contribution in [1.82, 2.24) is 9.97 Å². The largest absolute Gasteiger partial charge is 0.473 e. The van der Waals surface area contributed by atoms with E-state index in [0.717, 1.165) is 0 Å². The molecular formula is C11H20N4O2. The van der Waals surface area contributed by atoms with Crippen LogP contribution in [-0.2, 0) is 4.74 Å². The maximum atomic E-state index is 5.92. The Bertz CT molecular complexity index is 357. The predicted molar refractivity (Wildman–Crippen MR) is 67.2 cm³/mol. The van der Waals surface area contributed by atoms with Gasteiger partial charge in [-0.05, 0) is 20.8 Å². The highest BCUT2D eigenvalue weighted by Crippen LogP contribution is 2.25. The van der Waals surface area contributed by atoms with Gasteiger partial charge in [0, 0.05) is 13.2 Å². The molecule has 0 spiro atoms. The molecule has 0 saturated carbocycles. The summed E-state index contributed by atoms with van der Waals surface area (Å²) in [6.45, 7) is 6.39. The van der Waals surface area contributed by atoms with Gasteiger partial charge in [-0.1, -0.05) is 0 Å². The molecule has 0 aliphatic carbocycles. The zero-order chi connectivity index (χ0) is 12.8. The average Bonchev–Trinajstić information content (AvgIpc) is 2.23. The van der Waals surface area contributed by atoms with Crippen molar-refractivity contribution in [2.75, 3.05) is 24.8 Å². The van der Waals surface area contributed by atoms with Gasteiger partial charge in [-0.25, -0.2) is 4.98 Å². The molecule has 3 N–H and O–H groups in total. The van der Waals surface area contributed by atoms with Crippen LogP contribution in [0.1, 0.15) is 20.8 Å². The van der Waals surface area contributed by atoms with Gasteiger partial charge in [-0.15, -0.1) is 0 Å². The first kappa shape index (κ1) is 13.5. The molecule has 17 heavy (non-hydrogen) atoms. The van der Waals surface area contributed by atoms with Crippen LogP contribution in [0.25, 0.3) is 0 Å². The van der Waals surface area contributed by atoms with E-state index in [1.54, 1.807) is 7.11 Å². The van der Waals surface area contributed by atoms with Crippen molar-refractivity contribution in [2.45, 2.75) is 32.9 Å². The van der Waals surface area contributed by atoms with Crippen LogP contribution in [0, 0.1) is 0 Å². The van der Waals surface area contributed by atoms with E-state index in [2.05, 4.69) is 15.3 Å². The van der Waals surface area contributed by atoms with Gasteiger partial charge in [-0.2, -0.15) is 4.98 Å². The van der Waals surface area contributed by atoms with Gasteiger partial charge in [0.1, 0.15) is 12.0 Å².